The Kier molecular flexibility index (Phi) is 12.8. The maximum atomic E-state index is 15.0. The van der Waals surface area contributed by atoms with Crippen LogP contribution in [0.4, 0.5) is 0 Å². The van der Waals surface area contributed by atoms with Crippen LogP contribution in [0.1, 0.15) is 42.5 Å². The van der Waals surface area contributed by atoms with E-state index in [0.29, 0.717) is 50.3 Å². The number of morpholine rings is 1. The predicted octanol–water partition coefficient (Wildman–Crippen LogP) is 3.18. The number of allylic oxidation sites excluding steroid dienone is 1. The smallest absolute Gasteiger partial charge is 0.313 e. The van der Waals surface area contributed by atoms with Crippen LogP contribution in [0.5, 0.6) is 0 Å². The number of nitrogens with zero attached hydrogens (tertiary/aromatic N) is 3. The van der Waals surface area contributed by atoms with E-state index in [0.717, 1.165) is 13.1 Å². The van der Waals surface area contributed by atoms with Crippen LogP contribution >= 0.6 is 15.9 Å². The number of carbonyl (C=O) groups is 4. The molecular formula is C40H49BrN4O8. The lowest BCUT2D eigenvalue weighted by Gasteiger charge is -2.40. The maximum Gasteiger partial charge on any atom is 0.313 e. The maximum absolute atomic E-state index is 15.0. The van der Waals surface area contributed by atoms with Gasteiger partial charge in [0.2, 0.25) is 17.7 Å². The highest BCUT2D eigenvalue weighted by molar-refractivity contribution is 9.09. The average Bonchev–Trinajstić information content (AvgIpc) is 3.78. The molecule has 4 heterocycles. The van der Waals surface area contributed by atoms with Crippen molar-refractivity contribution in [2.45, 2.75) is 54.0 Å². The topological polar surface area (TPSA) is 138 Å². The summed E-state index contributed by atoms with van der Waals surface area (Å²) in [4.78, 5) is 62.0. The van der Waals surface area contributed by atoms with E-state index in [2.05, 4.69) is 39.3 Å². The zero-order valence-electron chi connectivity index (χ0n) is 29.9. The number of ether oxygens (including phenoxy) is 3. The lowest BCUT2D eigenvalue weighted by molar-refractivity contribution is -0.161. The van der Waals surface area contributed by atoms with Crippen LogP contribution < -0.4 is 5.32 Å². The number of rotatable bonds is 17. The molecule has 3 amide bonds. The summed E-state index contributed by atoms with van der Waals surface area (Å²) in [6.45, 7) is 11.1. The Balaban J connectivity index is 1.34. The van der Waals surface area contributed by atoms with Crippen LogP contribution in [0.2, 0.25) is 0 Å². The standard InChI is InChI=1S/C40H49BrN4O8/c1-3-5-16-32(47)42-25-31(28-14-10-7-11-15-28)52-39(50)33-34-37(48)45(30(26-46)27-12-8-6-9-13-27)36(40(34)24-29(41)35(33)53-40)38(49)44(17-4-2)19-18-43-20-22-51-23-21-43/h3-4,6-15,29-31,33-36,46H,1-2,5,16-26H2,(H,42,47)/t29?,30-,31+,33-,34+,35-,36-,40+/m1/s1. The van der Waals surface area contributed by atoms with Crippen LogP contribution in [0.25, 0.3) is 0 Å². The van der Waals surface area contributed by atoms with E-state index in [1.54, 1.807) is 17.1 Å². The van der Waals surface area contributed by atoms with Gasteiger partial charge < -0.3 is 34.4 Å². The Hall–Kier alpha value is -3.88. The molecule has 2 N–H and O–H groups in total. The third kappa shape index (κ3) is 8.00. The van der Waals surface area contributed by atoms with E-state index in [4.69, 9.17) is 14.2 Å². The van der Waals surface area contributed by atoms with Gasteiger partial charge in [0.15, 0.2) is 0 Å². The number of fused-ring (bicyclic) bond motifs is 1. The quantitative estimate of drug-likeness (QED) is 0.141. The van der Waals surface area contributed by atoms with Gasteiger partial charge in [0, 0.05) is 44.0 Å². The normalized spacial score (nSPS) is 27.5. The molecule has 53 heavy (non-hydrogen) atoms. The SMILES string of the molecule is C=CCCC(=O)NC[C@H](OC(=O)[C@H]1[C@@H]2O[C@@]3(CC2Br)[C@@H]1C(=O)N([C@H](CO)c1ccccc1)[C@@H]3C(=O)N(CC=C)CCN1CCOCC1)c1ccccc1. The minimum absolute atomic E-state index is 0.0267. The van der Waals surface area contributed by atoms with E-state index in [1.807, 2.05) is 60.7 Å². The molecule has 12 nitrogen and oxygen atoms in total. The van der Waals surface area contributed by atoms with Crippen LogP contribution in [0.3, 0.4) is 0 Å². The number of carbonyl (C=O) groups excluding carboxylic acids is 4. The highest BCUT2D eigenvalue weighted by Crippen LogP contribution is 2.61. The number of hydrogen-bond donors (Lipinski definition) is 2. The van der Waals surface area contributed by atoms with Gasteiger partial charge in [-0.15, -0.1) is 13.2 Å². The molecule has 0 aromatic heterocycles. The first kappa shape index (κ1) is 38.8. The van der Waals surface area contributed by atoms with Crippen molar-refractivity contribution in [2.75, 3.05) is 59.1 Å². The van der Waals surface area contributed by atoms with Crippen LogP contribution in [0, 0.1) is 11.8 Å². The molecule has 1 spiro atoms. The summed E-state index contributed by atoms with van der Waals surface area (Å²) in [6.07, 6.45) is 2.78. The fraction of sp³-hybridized carbons (Fsp3) is 0.500. The van der Waals surface area contributed by atoms with Gasteiger partial charge in [-0.25, -0.2) is 0 Å². The van der Waals surface area contributed by atoms with Crippen molar-refractivity contribution in [3.05, 3.63) is 97.1 Å². The van der Waals surface area contributed by atoms with Crippen molar-refractivity contribution in [3.63, 3.8) is 0 Å². The summed E-state index contributed by atoms with van der Waals surface area (Å²) >= 11 is 3.75. The third-order valence-electron chi connectivity index (χ3n) is 10.9. The highest BCUT2D eigenvalue weighted by Gasteiger charge is 2.77. The van der Waals surface area contributed by atoms with Crippen molar-refractivity contribution in [1.82, 2.24) is 20.0 Å². The Morgan fingerprint density at radius 3 is 2.38 bits per heavy atom. The van der Waals surface area contributed by atoms with Gasteiger partial charge in [-0.1, -0.05) is 88.7 Å². The first-order valence-corrected chi connectivity index (χ1v) is 19.3. The lowest BCUT2D eigenvalue weighted by Crippen LogP contribution is -2.58. The van der Waals surface area contributed by atoms with Gasteiger partial charge in [0.1, 0.15) is 17.7 Å². The molecule has 4 saturated heterocycles. The number of halogens is 1. The summed E-state index contributed by atoms with van der Waals surface area (Å²) in [5.74, 6) is -3.75. The summed E-state index contributed by atoms with van der Waals surface area (Å²) in [7, 11) is 0. The Morgan fingerprint density at radius 2 is 1.74 bits per heavy atom. The molecule has 4 aliphatic heterocycles. The molecule has 1 unspecified atom stereocenters. The first-order valence-electron chi connectivity index (χ1n) is 18.4. The van der Waals surface area contributed by atoms with Crippen LogP contribution in [-0.2, 0) is 33.4 Å². The zero-order valence-corrected chi connectivity index (χ0v) is 31.5. The van der Waals surface area contributed by atoms with Crippen molar-refractivity contribution in [1.29, 1.82) is 0 Å². The van der Waals surface area contributed by atoms with Crippen molar-refractivity contribution in [3.8, 4) is 0 Å². The molecule has 2 bridgehead atoms. The molecule has 13 heteroatoms. The van der Waals surface area contributed by atoms with Gasteiger partial charge >= 0.3 is 5.97 Å². The molecular weight excluding hydrogens is 744 g/mol. The Labute approximate surface area is 319 Å². The average molecular weight is 794 g/mol. The minimum atomic E-state index is -1.38. The van der Waals surface area contributed by atoms with Crippen molar-refractivity contribution in [2.24, 2.45) is 11.8 Å². The number of likely N-dealkylation sites (tertiary alicyclic amines) is 1. The second kappa shape index (κ2) is 17.5. The predicted molar refractivity (Wildman–Crippen MR) is 201 cm³/mol. The lowest BCUT2D eigenvalue weighted by atomic mass is 9.70. The summed E-state index contributed by atoms with van der Waals surface area (Å²) in [6, 6.07) is 16.2. The van der Waals surface area contributed by atoms with Gasteiger partial charge in [-0.05, 0) is 24.0 Å². The van der Waals surface area contributed by atoms with Crippen LogP contribution in [0.15, 0.2) is 86.0 Å². The number of amides is 3. The summed E-state index contributed by atoms with van der Waals surface area (Å²) in [5, 5.41) is 13.8. The number of aliphatic hydroxyl groups excluding tert-OH is 1. The molecule has 0 saturated carbocycles. The molecule has 2 aromatic rings. The van der Waals surface area contributed by atoms with E-state index in [1.165, 1.54) is 4.90 Å². The number of esters is 1. The molecule has 8 atom stereocenters. The van der Waals surface area contributed by atoms with Crippen LogP contribution in [-0.4, -0.2) is 125 Å². The van der Waals surface area contributed by atoms with Crippen molar-refractivity contribution >= 4 is 39.6 Å². The van der Waals surface area contributed by atoms with E-state index >= 15 is 4.79 Å². The zero-order chi connectivity index (χ0) is 37.5. The Bertz CT molecular complexity index is 1620. The summed E-state index contributed by atoms with van der Waals surface area (Å²) in [5.41, 5.74) is -0.0453. The van der Waals surface area contributed by atoms with Gasteiger partial charge in [0.05, 0.1) is 50.3 Å². The number of hydrogen-bond acceptors (Lipinski definition) is 9. The largest absolute Gasteiger partial charge is 0.455 e. The van der Waals surface area contributed by atoms with Gasteiger partial charge in [-0.2, -0.15) is 0 Å². The molecule has 6 rings (SSSR count). The summed E-state index contributed by atoms with van der Waals surface area (Å²) < 4.78 is 18.5. The second-order valence-corrected chi connectivity index (χ2v) is 15.2. The van der Waals surface area contributed by atoms with E-state index in [-0.39, 0.29) is 36.2 Å². The Morgan fingerprint density at radius 1 is 1.06 bits per heavy atom. The molecule has 284 valence electrons. The van der Waals surface area contributed by atoms with Gasteiger partial charge in [-0.3, -0.25) is 24.1 Å². The molecule has 0 aliphatic carbocycles. The fourth-order valence-electron chi connectivity index (χ4n) is 8.33. The second-order valence-electron chi connectivity index (χ2n) is 14.0. The molecule has 4 fully saturated rings. The monoisotopic (exact) mass is 792 g/mol. The number of alkyl halides is 1. The number of nitrogens with one attached hydrogen (secondary N) is 1. The van der Waals surface area contributed by atoms with Gasteiger partial charge in [0.25, 0.3) is 0 Å². The van der Waals surface area contributed by atoms with Crippen molar-refractivity contribution < 1.29 is 38.5 Å². The molecule has 4 aliphatic rings. The number of aliphatic hydroxyl groups is 1. The first-order chi connectivity index (χ1) is 25.7. The highest BCUT2D eigenvalue weighted by atomic mass is 79.9. The fourth-order valence-corrected chi connectivity index (χ4v) is 9.27. The minimum Gasteiger partial charge on any atom is -0.455 e. The molecule has 2 aromatic carbocycles. The van der Waals surface area contributed by atoms with E-state index in [9.17, 15) is 19.5 Å². The third-order valence-corrected chi connectivity index (χ3v) is 11.7. The number of benzene rings is 2. The molecule has 0 radical (unpaired) electrons. The van der Waals surface area contributed by atoms with E-state index < -0.39 is 60.2 Å².